The van der Waals surface area contributed by atoms with E-state index in [1.807, 2.05) is 33.8 Å². The Balaban J connectivity index is 2.27. The first-order valence-electron chi connectivity index (χ1n) is 6.16. The topological polar surface area (TPSA) is 54.9 Å². The van der Waals surface area contributed by atoms with Crippen LogP contribution in [0.4, 0.5) is 5.82 Å². The number of pyridine rings is 1. The van der Waals surface area contributed by atoms with Gasteiger partial charge in [-0.25, -0.2) is 9.97 Å². The molecular weight excluding hydrogens is 338 g/mol. The first kappa shape index (κ1) is 15.1. The Hall–Kier alpha value is -1.27. The maximum absolute atomic E-state index is 12.4. The lowest BCUT2D eigenvalue weighted by Crippen LogP contribution is -2.20. The van der Waals surface area contributed by atoms with Crippen LogP contribution in [0, 0.1) is 6.92 Å². The van der Waals surface area contributed by atoms with Gasteiger partial charge in [0, 0.05) is 11.6 Å². The van der Waals surface area contributed by atoms with Crippen LogP contribution in [-0.2, 0) is 5.41 Å². The zero-order chi connectivity index (χ0) is 14.9. The van der Waals surface area contributed by atoms with Gasteiger partial charge in [-0.3, -0.25) is 4.79 Å². The van der Waals surface area contributed by atoms with Crippen molar-refractivity contribution in [2.45, 2.75) is 33.1 Å². The summed E-state index contributed by atoms with van der Waals surface area (Å²) < 4.78 is 0.771. The smallest absolute Gasteiger partial charge is 0.268 e. The molecule has 4 nitrogen and oxygen atoms in total. The van der Waals surface area contributed by atoms with Crippen LogP contribution in [0.1, 0.15) is 41.7 Å². The summed E-state index contributed by atoms with van der Waals surface area (Å²) in [5.41, 5.74) is 3.38. The highest BCUT2D eigenvalue weighted by Crippen LogP contribution is 2.28. The molecule has 2 aromatic heterocycles. The van der Waals surface area contributed by atoms with Gasteiger partial charge in [0.15, 0.2) is 0 Å². The van der Waals surface area contributed by atoms with E-state index in [-0.39, 0.29) is 11.3 Å². The van der Waals surface area contributed by atoms with Gasteiger partial charge >= 0.3 is 0 Å². The summed E-state index contributed by atoms with van der Waals surface area (Å²) in [6.07, 6.45) is 1.72. The molecule has 20 heavy (non-hydrogen) atoms. The molecule has 6 heteroatoms. The number of hydrogen-bond donors (Lipinski definition) is 1. The quantitative estimate of drug-likeness (QED) is 0.881. The summed E-state index contributed by atoms with van der Waals surface area (Å²) in [6, 6.07) is 1.92. The van der Waals surface area contributed by atoms with E-state index in [4.69, 9.17) is 0 Å². The number of amides is 1. The number of anilines is 1. The molecule has 0 aliphatic rings. The minimum Gasteiger partial charge on any atom is -0.305 e. The van der Waals surface area contributed by atoms with Crippen molar-refractivity contribution >= 4 is 39.0 Å². The van der Waals surface area contributed by atoms with Crippen LogP contribution in [0.15, 0.2) is 22.2 Å². The largest absolute Gasteiger partial charge is 0.305 e. The van der Waals surface area contributed by atoms with Crippen molar-refractivity contribution in [2.75, 3.05) is 5.32 Å². The van der Waals surface area contributed by atoms with E-state index in [1.54, 1.807) is 11.7 Å². The molecule has 0 spiro atoms. The van der Waals surface area contributed by atoms with Crippen LogP contribution in [0.3, 0.4) is 0 Å². The number of halogens is 1. The average Bonchev–Trinajstić information content (AvgIpc) is 2.81. The number of nitrogens with one attached hydrogen (secondary N) is 1. The Morgan fingerprint density at radius 3 is 2.65 bits per heavy atom. The summed E-state index contributed by atoms with van der Waals surface area (Å²) in [5, 5.41) is 2.83. The van der Waals surface area contributed by atoms with Crippen LogP contribution >= 0.6 is 27.3 Å². The number of thiazole rings is 1. The summed E-state index contributed by atoms with van der Waals surface area (Å²) >= 11 is 4.75. The molecule has 0 aliphatic heterocycles. The molecule has 0 aliphatic carbocycles. The van der Waals surface area contributed by atoms with Gasteiger partial charge in [-0.1, -0.05) is 20.8 Å². The first-order chi connectivity index (χ1) is 9.29. The predicted octanol–water partition coefficient (Wildman–Crippen LogP) is 4.16. The fraction of sp³-hybridized carbons (Fsp3) is 0.357. The van der Waals surface area contributed by atoms with Crippen LogP contribution < -0.4 is 5.32 Å². The third-order valence-electron chi connectivity index (χ3n) is 2.69. The van der Waals surface area contributed by atoms with Crippen molar-refractivity contribution in [1.29, 1.82) is 0 Å². The van der Waals surface area contributed by atoms with E-state index in [9.17, 15) is 4.79 Å². The average molecular weight is 354 g/mol. The predicted molar refractivity (Wildman–Crippen MR) is 85.4 cm³/mol. The number of aryl methyl sites for hydroxylation is 1. The number of carbonyl (C=O) groups is 1. The van der Waals surface area contributed by atoms with E-state index in [1.165, 1.54) is 11.3 Å². The SMILES string of the molecule is Cc1cnc(NC(=O)c2scnc2C(C)(C)C)c(Br)c1. The van der Waals surface area contributed by atoms with Crippen molar-refractivity contribution in [3.63, 3.8) is 0 Å². The van der Waals surface area contributed by atoms with E-state index in [0.717, 1.165) is 15.7 Å². The zero-order valence-electron chi connectivity index (χ0n) is 11.8. The summed E-state index contributed by atoms with van der Waals surface area (Å²) in [6.45, 7) is 8.07. The van der Waals surface area contributed by atoms with Gasteiger partial charge in [0.1, 0.15) is 10.7 Å². The van der Waals surface area contributed by atoms with Crippen LogP contribution in [0.5, 0.6) is 0 Å². The maximum Gasteiger partial charge on any atom is 0.268 e. The summed E-state index contributed by atoms with van der Waals surface area (Å²) in [4.78, 5) is 21.5. The zero-order valence-corrected chi connectivity index (χ0v) is 14.2. The Labute approximate surface area is 130 Å². The highest BCUT2D eigenvalue weighted by atomic mass is 79.9. The van der Waals surface area contributed by atoms with Crippen LogP contribution in [-0.4, -0.2) is 15.9 Å². The molecule has 1 N–H and O–H groups in total. The normalized spacial score (nSPS) is 11.4. The molecule has 0 saturated carbocycles. The molecule has 2 aromatic rings. The second-order valence-corrected chi connectivity index (χ2v) is 7.29. The van der Waals surface area contributed by atoms with E-state index < -0.39 is 0 Å². The highest BCUT2D eigenvalue weighted by Gasteiger charge is 2.25. The van der Waals surface area contributed by atoms with Crippen molar-refractivity contribution < 1.29 is 4.79 Å². The molecule has 2 rings (SSSR count). The highest BCUT2D eigenvalue weighted by molar-refractivity contribution is 9.10. The fourth-order valence-corrected chi connectivity index (χ4v) is 3.19. The Bertz CT molecular complexity index is 646. The van der Waals surface area contributed by atoms with E-state index in [2.05, 4.69) is 31.2 Å². The van der Waals surface area contributed by atoms with Crippen molar-refractivity contribution in [1.82, 2.24) is 9.97 Å². The van der Waals surface area contributed by atoms with Gasteiger partial charge in [0.2, 0.25) is 0 Å². The molecule has 0 bridgehead atoms. The Kier molecular flexibility index (Phi) is 4.25. The summed E-state index contributed by atoms with van der Waals surface area (Å²) in [5.74, 6) is 0.350. The second-order valence-electron chi connectivity index (χ2n) is 5.58. The maximum atomic E-state index is 12.4. The molecule has 0 fully saturated rings. The lowest BCUT2D eigenvalue weighted by molar-refractivity contribution is 0.102. The molecule has 0 saturated heterocycles. The molecule has 0 unspecified atom stereocenters. The lowest BCUT2D eigenvalue weighted by atomic mass is 9.91. The van der Waals surface area contributed by atoms with Crippen LogP contribution in [0.2, 0.25) is 0 Å². The van der Waals surface area contributed by atoms with Gasteiger partial charge in [-0.05, 0) is 34.5 Å². The molecule has 1 amide bonds. The monoisotopic (exact) mass is 353 g/mol. The minimum atomic E-state index is -0.172. The third kappa shape index (κ3) is 3.24. The first-order valence-corrected chi connectivity index (χ1v) is 7.84. The van der Waals surface area contributed by atoms with Gasteiger partial charge in [-0.2, -0.15) is 0 Å². The lowest BCUT2D eigenvalue weighted by Gasteiger charge is -2.17. The number of carbonyl (C=O) groups excluding carboxylic acids is 1. The molecule has 0 aromatic carbocycles. The van der Waals surface area contributed by atoms with Gasteiger partial charge in [0.05, 0.1) is 15.7 Å². The summed E-state index contributed by atoms with van der Waals surface area (Å²) in [7, 11) is 0. The standard InChI is InChI=1S/C14H16BrN3OS/c1-8-5-9(15)12(16-6-8)18-13(19)10-11(14(2,3)4)17-7-20-10/h5-7H,1-4H3,(H,16,18,19). The molecular formula is C14H16BrN3OS. The number of rotatable bonds is 2. The number of nitrogens with zero attached hydrogens (tertiary/aromatic N) is 2. The Morgan fingerprint density at radius 2 is 2.05 bits per heavy atom. The molecule has 106 valence electrons. The van der Waals surface area contributed by atoms with Gasteiger partial charge < -0.3 is 5.32 Å². The number of aromatic nitrogens is 2. The van der Waals surface area contributed by atoms with Gasteiger partial charge in [-0.15, -0.1) is 11.3 Å². The fourth-order valence-electron chi connectivity index (χ4n) is 1.73. The van der Waals surface area contributed by atoms with Crippen molar-refractivity contribution in [3.05, 3.63) is 38.4 Å². The number of hydrogen-bond acceptors (Lipinski definition) is 4. The van der Waals surface area contributed by atoms with E-state index >= 15 is 0 Å². The molecule has 0 radical (unpaired) electrons. The minimum absolute atomic E-state index is 0.162. The van der Waals surface area contributed by atoms with E-state index in [0.29, 0.717) is 10.7 Å². The third-order valence-corrected chi connectivity index (χ3v) is 4.12. The van der Waals surface area contributed by atoms with Crippen molar-refractivity contribution in [2.24, 2.45) is 0 Å². The van der Waals surface area contributed by atoms with Crippen molar-refractivity contribution in [3.8, 4) is 0 Å². The van der Waals surface area contributed by atoms with Crippen LogP contribution in [0.25, 0.3) is 0 Å². The molecule has 0 atom stereocenters. The molecule has 2 heterocycles. The Morgan fingerprint density at radius 1 is 1.35 bits per heavy atom. The second kappa shape index (κ2) is 5.61. The van der Waals surface area contributed by atoms with Gasteiger partial charge in [0.25, 0.3) is 5.91 Å².